The number of fused-ring (bicyclic) bond motifs is 2. The van der Waals surface area contributed by atoms with Crippen molar-refractivity contribution in [3.63, 3.8) is 0 Å². The number of nitrogens with zero attached hydrogens (tertiary/aromatic N) is 1. The summed E-state index contributed by atoms with van der Waals surface area (Å²) in [6.07, 6.45) is 1.69. The molecule has 9 nitrogen and oxygen atoms in total. The molecule has 1 amide bonds. The number of ether oxygens (including phenoxy) is 3. The van der Waals surface area contributed by atoms with Crippen LogP contribution in [0.2, 0.25) is 0 Å². The lowest BCUT2D eigenvalue weighted by Gasteiger charge is -2.12. The first-order valence-corrected chi connectivity index (χ1v) is 10.6. The number of benzene rings is 2. The second-order valence-electron chi connectivity index (χ2n) is 7.85. The van der Waals surface area contributed by atoms with E-state index >= 15 is 0 Å². The molecule has 4 aromatic rings. The molecule has 2 aromatic carbocycles. The average molecular weight is 458 g/mol. The van der Waals surface area contributed by atoms with Gasteiger partial charge in [-0.3, -0.25) is 4.79 Å². The van der Waals surface area contributed by atoms with Crippen molar-refractivity contribution < 1.29 is 23.8 Å². The lowest BCUT2D eigenvalue weighted by molar-refractivity contribution is 0.0595. The normalized spacial score (nSPS) is 11.9. The van der Waals surface area contributed by atoms with Crippen molar-refractivity contribution in [1.82, 2.24) is 9.97 Å². The summed E-state index contributed by atoms with van der Waals surface area (Å²) in [7, 11) is 1.34. The summed E-state index contributed by atoms with van der Waals surface area (Å²) in [5, 5.41) is 7.08. The van der Waals surface area contributed by atoms with Gasteiger partial charge in [-0.1, -0.05) is 6.07 Å². The third-order valence-corrected chi connectivity index (χ3v) is 5.60. The molecule has 9 heteroatoms. The number of aromatic nitrogens is 2. The smallest absolute Gasteiger partial charge is 0.354 e. The Kier molecular flexibility index (Phi) is 5.51. The zero-order valence-corrected chi connectivity index (χ0v) is 18.6. The van der Waals surface area contributed by atoms with Gasteiger partial charge in [-0.05, 0) is 60.5 Å². The van der Waals surface area contributed by atoms with E-state index in [1.807, 2.05) is 31.2 Å². The van der Waals surface area contributed by atoms with E-state index in [0.29, 0.717) is 40.6 Å². The number of amides is 1. The molecular formula is C25H22N4O5. The first kappa shape index (κ1) is 21.3. The molecule has 172 valence electrons. The van der Waals surface area contributed by atoms with E-state index in [4.69, 9.17) is 14.2 Å². The molecule has 1 aliphatic rings. The van der Waals surface area contributed by atoms with Crippen LogP contribution in [0.15, 0.2) is 54.7 Å². The maximum atomic E-state index is 12.7. The second kappa shape index (κ2) is 8.78. The van der Waals surface area contributed by atoms with Crippen molar-refractivity contribution in [3.05, 3.63) is 77.1 Å². The molecule has 0 fully saturated rings. The molecule has 0 bridgehead atoms. The van der Waals surface area contributed by atoms with Crippen molar-refractivity contribution in [2.45, 2.75) is 13.5 Å². The van der Waals surface area contributed by atoms with Crippen LogP contribution in [0.3, 0.4) is 0 Å². The number of rotatable bonds is 6. The number of pyridine rings is 1. The number of H-pyrrole nitrogens is 1. The Hall–Kier alpha value is -4.53. The lowest BCUT2D eigenvalue weighted by atomic mass is 10.1. The summed E-state index contributed by atoms with van der Waals surface area (Å²) >= 11 is 0. The fraction of sp³-hybridized carbons (Fsp3) is 0.160. The number of anilines is 2. The summed E-state index contributed by atoms with van der Waals surface area (Å²) in [6.45, 7) is 2.70. The average Bonchev–Trinajstić information content (AvgIpc) is 3.49. The molecule has 0 aliphatic carbocycles. The minimum absolute atomic E-state index is 0.160. The first-order valence-electron chi connectivity index (χ1n) is 10.6. The van der Waals surface area contributed by atoms with E-state index in [-0.39, 0.29) is 12.7 Å². The highest BCUT2D eigenvalue weighted by Gasteiger charge is 2.16. The molecule has 0 spiro atoms. The monoisotopic (exact) mass is 458 g/mol. The van der Waals surface area contributed by atoms with Crippen molar-refractivity contribution in [2.75, 3.05) is 24.5 Å². The Labute approximate surface area is 195 Å². The van der Waals surface area contributed by atoms with E-state index in [1.54, 1.807) is 30.5 Å². The number of carbonyl (C=O) groups excluding carboxylic acids is 2. The molecule has 2 aromatic heterocycles. The molecule has 0 saturated heterocycles. The summed E-state index contributed by atoms with van der Waals surface area (Å²) in [6, 6.07) is 14.5. The van der Waals surface area contributed by atoms with Gasteiger partial charge in [0.25, 0.3) is 5.91 Å². The molecule has 3 heterocycles. The van der Waals surface area contributed by atoms with Crippen LogP contribution in [0.5, 0.6) is 11.5 Å². The maximum Gasteiger partial charge on any atom is 0.354 e. The van der Waals surface area contributed by atoms with Crippen molar-refractivity contribution in [2.24, 2.45) is 0 Å². The molecular weight excluding hydrogens is 436 g/mol. The number of hydrogen-bond donors (Lipinski definition) is 3. The maximum absolute atomic E-state index is 12.7. The van der Waals surface area contributed by atoms with Gasteiger partial charge in [-0.2, -0.15) is 0 Å². The third-order valence-electron chi connectivity index (χ3n) is 5.60. The van der Waals surface area contributed by atoms with E-state index < -0.39 is 5.97 Å². The number of esters is 1. The number of methoxy groups -OCH3 is 1. The van der Waals surface area contributed by atoms with Gasteiger partial charge >= 0.3 is 5.97 Å². The minimum Gasteiger partial charge on any atom is -0.464 e. The predicted octanol–water partition coefficient (Wildman–Crippen LogP) is 4.25. The topological polar surface area (TPSA) is 115 Å². The fourth-order valence-electron chi connectivity index (χ4n) is 3.71. The first-order chi connectivity index (χ1) is 16.5. The van der Waals surface area contributed by atoms with Gasteiger partial charge in [0.2, 0.25) is 6.79 Å². The van der Waals surface area contributed by atoms with E-state index in [0.717, 1.165) is 22.2 Å². The Balaban J connectivity index is 1.28. The van der Waals surface area contributed by atoms with Gasteiger partial charge in [0.15, 0.2) is 11.5 Å². The number of nitrogens with one attached hydrogen (secondary N) is 3. The van der Waals surface area contributed by atoms with Gasteiger partial charge < -0.3 is 29.8 Å². The zero-order valence-electron chi connectivity index (χ0n) is 18.6. The molecule has 34 heavy (non-hydrogen) atoms. The van der Waals surface area contributed by atoms with Gasteiger partial charge in [0, 0.05) is 23.2 Å². The molecule has 0 radical (unpaired) electrons. The number of hydrogen-bond acceptors (Lipinski definition) is 7. The summed E-state index contributed by atoms with van der Waals surface area (Å²) in [5.74, 6) is 0.523. The third kappa shape index (κ3) is 4.23. The highest BCUT2D eigenvalue weighted by Crippen LogP contribution is 2.32. The summed E-state index contributed by atoms with van der Waals surface area (Å²) in [4.78, 5) is 31.8. The van der Waals surface area contributed by atoms with Crippen LogP contribution in [0.4, 0.5) is 11.4 Å². The highest BCUT2D eigenvalue weighted by atomic mass is 16.7. The standard InChI is InChI=1S/C25H22N4O5/c1-14-3-5-18(28-24(30)15-4-6-21-22(10-15)34-13-33-21)8-17(14)11-26-19-7-16-9-20(25(31)32-2)29-23(16)27-12-19/h3-10,12,26H,11,13H2,1-2H3,(H,27,29)(H,28,30). The van der Waals surface area contributed by atoms with Crippen molar-refractivity contribution in [3.8, 4) is 11.5 Å². The molecule has 5 rings (SSSR count). The Morgan fingerprint density at radius 2 is 1.91 bits per heavy atom. The van der Waals surface area contributed by atoms with Crippen LogP contribution in [0.1, 0.15) is 32.0 Å². The quantitative estimate of drug-likeness (QED) is 0.370. The number of aromatic amines is 1. The summed E-state index contributed by atoms with van der Waals surface area (Å²) in [5.41, 5.74) is 5.04. The van der Waals surface area contributed by atoms with Crippen LogP contribution in [-0.4, -0.2) is 35.7 Å². The van der Waals surface area contributed by atoms with Gasteiger partial charge in [0.05, 0.1) is 19.0 Å². The molecule has 3 N–H and O–H groups in total. The molecule has 1 aliphatic heterocycles. The number of aryl methyl sites for hydroxylation is 1. The number of carbonyl (C=O) groups is 2. The lowest BCUT2D eigenvalue weighted by Crippen LogP contribution is -2.12. The van der Waals surface area contributed by atoms with Crippen LogP contribution in [0.25, 0.3) is 11.0 Å². The minimum atomic E-state index is -0.442. The van der Waals surface area contributed by atoms with E-state index in [1.165, 1.54) is 7.11 Å². The van der Waals surface area contributed by atoms with Crippen molar-refractivity contribution in [1.29, 1.82) is 0 Å². The van der Waals surface area contributed by atoms with Crippen LogP contribution in [-0.2, 0) is 11.3 Å². The van der Waals surface area contributed by atoms with Crippen molar-refractivity contribution >= 4 is 34.3 Å². The summed E-state index contributed by atoms with van der Waals surface area (Å²) < 4.78 is 15.4. The largest absolute Gasteiger partial charge is 0.464 e. The second-order valence-corrected chi connectivity index (χ2v) is 7.85. The van der Waals surface area contributed by atoms with Crippen LogP contribution >= 0.6 is 0 Å². The van der Waals surface area contributed by atoms with E-state index in [9.17, 15) is 9.59 Å². The van der Waals surface area contributed by atoms with Crippen LogP contribution < -0.4 is 20.1 Å². The van der Waals surface area contributed by atoms with Gasteiger partial charge in [-0.25, -0.2) is 9.78 Å². The Bertz CT molecular complexity index is 1410. The molecule has 0 atom stereocenters. The van der Waals surface area contributed by atoms with Crippen LogP contribution in [0, 0.1) is 6.92 Å². The molecule has 0 saturated carbocycles. The Morgan fingerprint density at radius 3 is 2.76 bits per heavy atom. The molecule has 0 unspecified atom stereocenters. The van der Waals surface area contributed by atoms with E-state index in [2.05, 4.69) is 20.6 Å². The fourth-order valence-corrected chi connectivity index (χ4v) is 3.71. The Morgan fingerprint density at radius 1 is 1.06 bits per heavy atom. The van der Waals surface area contributed by atoms with Gasteiger partial charge in [-0.15, -0.1) is 0 Å². The zero-order chi connectivity index (χ0) is 23.7. The SMILES string of the molecule is COC(=O)c1cc2cc(NCc3cc(NC(=O)c4ccc5c(c4)OCO5)ccc3C)cnc2[nH]1. The van der Waals surface area contributed by atoms with Gasteiger partial charge in [0.1, 0.15) is 11.3 Å². The highest BCUT2D eigenvalue weighted by molar-refractivity contribution is 6.04. The predicted molar refractivity (Wildman–Crippen MR) is 126 cm³/mol.